The Bertz CT molecular complexity index is 1540. The van der Waals surface area contributed by atoms with E-state index in [2.05, 4.69) is 29.8 Å². The summed E-state index contributed by atoms with van der Waals surface area (Å²) in [5.41, 5.74) is 0.183. The average Bonchev–Trinajstić information content (AvgIpc) is 3.46. The van der Waals surface area contributed by atoms with Crippen molar-refractivity contribution in [2.75, 3.05) is 0 Å². The smallest absolute Gasteiger partial charge is 0.332 e. The number of aromatic nitrogens is 6. The van der Waals surface area contributed by atoms with Crippen molar-refractivity contribution in [3.05, 3.63) is 62.8 Å². The number of fused-ring (bicyclic) bond motifs is 1. The topological polar surface area (TPSA) is 115 Å². The molecule has 9 nitrogen and oxygen atoms in total. The number of nitrogens with zero attached hydrogens (tertiary/aromatic N) is 5. The number of pyridine rings is 1. The fraction of sp³-hybridized carbons (Fsp3) is 0.0556. The van der Waals surface area contributed by atoms with E-state index in [1.54, 1.807) is 12.1 Å². The fourth-order valence-corrected chi connectivity index (χ4v) is 3.47. The van der Waals surface area contributed by atoms with Crippen LogP contribution in [0.5, 0.6) is 0 Å². The van der Waals surface area contributed by atoms with E-state index in [-0.39, 0.29) is 38.9 Å². The Hall–Kier alpha value is -3.64. The van der Waals surface area contributed by atoms with Gasteiger partial charge in [-0.2, -0.15) is 18.2 Å². The maximum Gasteiger partial charge on any atom is 0.439 e. The maximum atomic E-state index is 13.0. The van der Waals surface area contributed by atoms with Crippen LogP contribution >= 0.6 is 23.2 Å². The second kappa shape index (κ2) is 7.21. The molecular weight excluding hydrogens is 476 g/mol. The highest BCUT2D eigenvalue weighted by atomic mass is 35.5. The first kappa shape index (κ1) is 20.3. The zero-order valence-corrected chi connectivity index (χ0v) is 16.8. The van der Waals surface area contributed by atoms with Crippen molar-refractivity contribution >= 4 is 28.8 Å². The third kappa shape index (κ3) is 3.52. The number of nitrogens with one attached hydrogen (secondary N) is 1. The van der Waals surface area contributed by atoms with Gasteiger partial charge >= 0.3 is 11.9 Å². The molecule has 14 heteroatoms. The van der Waals surface area contributed by atoms with Crippen molar-refractivity contribution < 1.29 is 22.2 Å². The minimum absolute atomic E-state index is 0.0469. The molecule has 0 amide bonds. The molecule has 4 heterocycles. The molecule has 0 saturated carbocycles. The SMILES string of the molecule is O=c1[nH]c(-c2ccc(-c3noc(-c4cn5cc(C(F)(F)F)cc(Cl)c5n4)n3)c(Cl)c2)no1. The molecule has 0 aliphatic carbocycles. The first-order valence-corrected chi connectivity index (χ1v) is 9.40. The second-order valence-electron chi connectivity index (χ2n) is 6.49. The standard InChI is InChI=1S/C18H7Cl2F3N6O3/c19-10-3-7(13-26-17(30)32-27-13)1-2-9(10)14-25-16(31-28-14)12-6-29-5-8(18(21,22)23)4-11(20)15(29)24-12/h1-6H,(H,26,27,30). The van der Waals surface area contributed by atoms with Crippen LogP contribution in [-0.2, 0) is 6.18 Å². The molecule has 0 atom stereocenters. The van der Waals surface area contributed by atoms with Gasteiger partial charge in [0.05, 0.1) is 15.6 Å². The molecule has 5 rings (SSSR count). The Balaban J connectivity index is 1.50. The largest absolute Gasteiger partial charge is 0.439 e. The monoisotopic (exact) mass is 482 g/mol. The van der Waals surface area contributed by atoms with Crippen LogP contribution in [0.3, 0.4) is 0 Å². The van der Waals surface area contributed by atoms with E-state index in [0.29, 0.717) is 11.1 Å². The summed E-state index contributed by atoms with van der Waals surface area (Å²) in [4.78, 5) is 21.9. The number of hydrogen-bond donors (Lipinski definition) is 1. The van der Waals surface area contributed by atoms with E-state index in [9.17, 15) is 18.0 Å². The van der Waals surface area contributed by atoms with Crippen molar-refractivity contribution in [3.8, 4) is 34.4 Å². The van der Waals surface area contributed by atoms with Gasteiger partial charge < -0.3 is 8.92 Å². The lowest BCUT2D eigenvalue weighted by atomic mass is 10.1. The van der Waals surface area contributed by atoms with Crippen LogP contribution in [0.2, 0.25) is 10.0 Å². The predicted octanol–water partition coefficient (Wildman–Crippen LogP) is 4.72. The number of hydrogen-bond acceptors (Lipinski definition) is 7. The summed E-state index contributed by atoms with van der Waals surface area (Å²) >= 11 is 12.3. The third-order valence-electron chi connectivity index (χ3n) is 4.40. The summed E-state index contributed by atoms with van der Waals surface area (Å²) in [7, 11) is 0. The molecule has 0 radical (unpaired) electrons. The lowest BCUT2D eigenvalue weighted by molar-refractivity contribution is -0.137. The van der Waals surface area contributed by atoms with Gasteiger partial charge in [-0.25, -0.2) is 9.78 Å². The molecule has 5 aromatic rings. The average molecular weight is 483 g/mol. The van der Waals surface area contributed by atoms with Gasteiger partial charge in [0.15, 0.2) is 11.5 Å². The Morgan fingerprint density at radius 2 is 1.81 bits per heavy atom. The highest BCUT2D eigenvalue weighted by molar-refractivity contribution is 6.33. The fourth-order valence-electron chi connectivity index (χ4n) is 2.95. The van der Waals surface area contributed by atoms with Crippen LogP contribution in [0.15, 0.2) is 50.5 Å². The summed E-state index contributed by atoms with van der Waals surface area (Å²) in [5.74, 6) is -0.450. The number of halogens is 5. The quantitative estimate of drug-likeness (QED) is 0.395. The highest BCUT2D eigenvalue weighted by Gasteiger charge is 2.32. The van der Waals surface area contributed by atoms with E-state index in [0.717, 1.165) is 16.7 Å². The number of rotatable bonds is 3. The molecule has 0 aliphatic heterocycles. The zero-order valence-electron chi connectivity index (χ0n) is 15.3. The molecule has 0 unspecified atom stereocenters. The molecule has 0 fully saturated rings. The number of aromatic amines is 1. The van der Waals surface area contributed by atoms with E-state index in [4.69, 9.17) is 27.7 Å². The Morgan fingerprint density at radius 3 is 2.50 bits per heavy atom. The lowest BCUT2D eigenvalue weighted by Gasteiger charge is -2.07. The number of imidazole rings is 1. The molecule has 0 bridgehead atoms. The van der Waals surface area contributed by atoms with Crippen LogP contribution in [0, 0.1) is 0 Å². The summed E-state index contributed by atoms with van der Waals surface area (Å²) in [5, 5.41) is 7.48. The lowest BCUT2D eigenvalue weighted by Crippen LogP contribution is -2.06. The van der Waals surface area contributed by atoms with E-state index in [1.165, 1.54) is 12.3 Å². The van der Waals surface area contributed by atoms with Crippen LogP contribution < -0.4 is 5.76 Å². The van der Waals surface area contributed by atoms with E-state index in [1.807, 2.05) is 0 Å². The van der Waals surface area contributed by atoms with Gasteiger partial charge in [0.25, 0.3) is 5.89 Å². The second-order valence-corrected chi connectivity index (χ2v) is 7.31. The van der Waals surface area contributed by atoms with Crippen molar-refractivity contribution in [1.29, 1.82) is 0 Å². The molecule has 32 heavy (non-hydrogen) atoms. The summed E-state index contributed by atoms with van der Waals surface area (Å²) in [6, 6.07) is 5.49. The van der Waals surface area contributed by atoms with Crippen LogP contribution in [0.4, 0.5) is 13.2 Å². The number of alkyl halides is 3. The molecule has 0 saturated heterocycles. The van der Waals surface area contributed by atoms with Gasteiger partial charge in [0.1, 0.15) is 5.69 Å². The third-order valence-corrected chi connectivity index (χ3v) is 4.99. The van der Waals surface area contributed by atoms with Crippen molar-refractivity contribution in [2.24, 2.45) is 0 Å². The van der Waals surface area contributed by atoms with E-state index >= 15 is 0 Å². The van der Waals surface area contributed by atoms with Crippen molar-refractivity contribution in [3.63, 3.8) is 0 Å². The van der Waals surface area contributed by atoms with Gasteiger partial charge in [0.2, 0.25) is 5.82 Å². The molecule has 0 spiro atoms. The van der Waals surface area contributed by atoms with Gasteiger partial charge in [-0.3, -0.25) is 9.51 Å². The molecule has 4 aromatic heterocycles. The summed E-state index contributed by atoms with van der Waals surface area (Å²) < 4.78 is 49.9. The molecule has 162 valence electrons. The maximum absolute atomic E-state index is 13.0. The Labute approximate surface area is 184 Å². The first-order valence-electron chi connectivity index (χ1n) is 8.65. The molecule has 1 N–H and O–H groups in total. The Kier molecular flexibility index (Phi) is 4.57. The van der Waals surface area contributed by atoms with Crippen LogP contribution in [0.1, 0.15) is 5.56 Å². The predicted molar refractivity (Wildman–Crippen MR) is 105 cm³/mol. The Morgan fingerprint density at radius 1 is 1.00 bits per heavy atom. The van der Waals surface area contributed by atoms with Gasteiger partial charge in [-0.05, 0) is 18.2 Å². The minimum atomic E-state index is -4.57. The zero-order chi connectivity index (χ0) is 22.6. The number of benzene rings is 1. The summed E-state index contributed by atoms with van der Waals surface area (Å²) in [6.07, 6.45) is -2.42. The highest BCUT2D eigenvalue weighted by Crippen LogP contribution is 2.34. The molecular formula is C18H7Cl2F3N6O3. The first-order chi connectivity index (χ1) is 15.2. The van der Waals surface area contributed by atoms with Crippen LogP contribution in [0.25, 0.3) is 40.0 Å². The van der Waals surface area contributed by atoms with Gasteiger partial charge in [0, 0.05) is 23.5 Å². The van der Waals surface area contributed by atoms with Crippen LogP contribution in [-0.4, -0.2) is 29.7 Å². The van der Waals surface area contributed by atoms with Gasteiger partial charge in [-0.1, -0.05) is 39.6 Å². The minimum Gasteiger partial charge on any atom is -0.332 e. The normalized spacial score (nSPS) is 12.0. The van der Waals surface area contributed by atoms with Gasteiger partial charge in [-0.15, -0.1) is 0 Å². The van der Waals surface area contributed by atoms with E-state index < -0.39 is 17.5 Å². The number of H-pyrrole nitrogens is 1. The summed E-state index contributed by atoms with van der Waals surface area (Å²) in [6.45, 7) is 0. The van der Waals surface area contributed by atoms with Crippen molar-refractivity contribution in [1.82, 2.24) is 29.7 Å². The molecule has 1 aromatic carbocycles. The van der Waals surface area contributed by atoms with Crippen molar-refractivity contribution in [2.45, 2.75) is 6.18 Å². The molecule has 0 aliphatic rings.